The summed E-state index contributed by atoms with van der Waals surface area (Å²) in [5.41, 5.74) is 0.301. The predicted molar refractivity (Wildman–Crippen MR) is 63.1 cm³/mol. The van der Waals surface area contributed by atoms with Crippen molar-refractivity contribution < 1.29 is 18.7 Å². The molecule has 1 aromatic rings. The zero-order valence-electron chi connectivity index (χ0n) is 9.61. The number of rotatable bonds is 2. The molecule has 0 bridgehead atoms. The van der Waals surface area contributed by atoms with Gasteiger partial charge in [-0.3, -0.25) is 10.2 Å². The van der Waals surface area contributed by atoms with E-state index in [2.05, 4.69) is 12.0 Å². The molecule has 0 spiro atoms. The Kier molecular flexibility index (Phi) is 3.12. The Labute approximate surface area is 106 Å². The Morgan fingerprint density at radius 3 is 2.89 bits per heavy atom. The average molecular weight is 274 g/mol. The summed E-state index contributed by atoms with van der Waals surface area (Å²) < 4.78 is 25.8. The van der Waals surface area contributed by atoms with E-state index < -0.39 is 18.1 Å². The van der Waals surface area contributed by atoms with E-state index in [0.717, 1.165) is 4.88 Å². The molecule has 18 heavy (non-hydrogen) atoms. The van der Waals surface area contributed by atoms with E-state index in [1.54, 1.807) is 18.4 Å². The number of nitrogens with zero attached hydrogens (tertiary/aromatic N) is 1. The van der Waals surface area contributed by atoms with Crippen LogP contribution in [0.5, 0.6) is 0 Å². The lowest BCUT2D eigenvalue weighted by molar-refractivity contribution is -0.168. The van der Waals surface area contributed by atoms with Gasteiger partial charge in [-0.1, -0.05) is 6.58 Å². The standard InChI is InChI=1S/C11H12F2N2O2S/c1-6-4-11(17,10(12)13)15(14-6)9(16)8-3-7(2)18-5-8/h3,5,10,14,17H,1,4H2,2H3. The van der Waals surface area contributed by atoms with Gasteiger partial charge in [0.05, 0.1) is 5.56 Å². The molecule has 1 aliphatic rings. The molecule has 1 amide bonds. The minimum atomic E-state index is -3.08. The molecule has 1 atom stereocenters. The van der Waals surface area contributed by atoms with Crippen molar-refractivity contribution in [2.24, 2.45) is 0 Å². The van der Waals surface area contributed by atoms with Gasteiger partial charge in [-0.2, -0.15) is 0 Å². The summed E-state index contributed by atoms with van der Waals surface area (Å²) >= 11 is 1.33. The van der Waals surface area contributed by atoms with Crippen LogP contribution in [0, 0.1) is 6.92 Å². The van der Waals surface area contributed by atoms with Gasteiger partial charge in [0.2, 0.25) is 5.72 Å². The van der Waals surface area contributed by atoms with E-state index >= 15 is 0 Å². The lowest BCUT2D eigenvalue weighted by atomic mass is 10.1. The van der Waals surface area contributed by atoms with Gasteiger partial charge >= 0.3 is 0 Å². The third-order valence-corrected chi connectivity index (χ3v) is 3.52. The molecule has 98 valence electrons. The number of halogens is 2. The summed E-state index contributed by atoms with van der Waals surface area (Å²) in [5, 5.41) is 12.0. The van der Waals surface area contributed by atoms with Crippen molar-refractivity contribution in [2.75, 3.05) is 0 Å². The number of carbonyl (C=O) groups excluding carboxylic acids is 1. The highest BCUT2D eigenvalue weighted by molar-refractivity contribution is 7.10. The van der Waals surface area contributed by atoms with Crippen LogP contribution in [-0.4, -0.2) is 28.2 Å². The molecule has 1 aromatic heterocycles. The molecule has 1 fully saturated rings. The van der Waals surface area contributed by atoms with Crippen molar-refractivity contribution in [3.8, 4) is 0 Å². The van der Waals surface area contributed by atoms with Gasteiger partial charge in [0.15, 0.2) is 0 Å². The summed E-state index contributed by atoms with van der Waals surface area (Å²) in [6.07, 6.45) is -3.47. The van der Waals surface area contributed by atoms with Gasteiger partial charge in [-0.25, -0.2) is 13.8 Å². The first-order valence-corrected chi connectivity index (χ1v) is 6.07. The molecule has 0 radical (unpaired) electrons. The Morgan fingerprint density at radius 1 is 1.72 bits per heavy atom. The smallest absolute Gasteiger partial charge is 0.287 e. The van der Waals surface area contributed by atoms with Crippen LogP contribution in [-0.2, 0) is 0 Å². The molecule has 0 aliphatic carbocycles. The molecular formula is C11H12F2N2O2S. The first-order chi connectivity index (χ1) is 8.34. The third kappa shape index (κ3) is 1.99. The second kappa shape index (κ2) is 4.33. The van der Waals surface area contributed by atoms with E-state index in [-0.39, 0.29) is 17.7 Å². The largest absolute Gasteiger partial charge is 0.364 e. The van der Waals surface area contributed by atoms with Crippen LogP contribution in [0.4, 0.5) is 8.78 Å². The number of hydrogen-bond acceptors (Lipinski definition) is 4. The van der Waals surface area contributed by atoms with Crippen LogP contribution in [0.25, 0.3) is 0 Å². The summed E-state index contributed by atoms with van der Waals surface area (Å²) in [6.45, 7) is 5.27. The summed E-state index contributed by atoms with van der Waals surface area (Å²) in [4.78, 5) is 12.9. The van der Waals surface area contributed by atoms with Gasteiger partial charge in [-0.15, -0.1) is 11.3 Å². The van der Waals surface area contributed by atoms with E-state index in [1.807, 2.05) is 0 Å². The number of aryl methyl sites for hydroxylation is 1. The number of hydrogen-bond donors (Lipinski definition) is 2. The molecule has 1 aliphatic heterocycles. The van der Waals surface area contributed by atoms with Crippen molar-refractivity contribution >= 4 is 17.2 Å². The fraction of sp³-hybridized carbons (Fsp3) is 0.364. The SMILES string of the molecule is C=C1CC(O)(C(F)F)N(C(=O)c2csc(C)c2)N1. The molecular weight excluding hydrogens is 262 g/mol. The molecule has 2 heterocycles. The Balaban J connectivity index is 2.31. The quantitative estimate of drug-likeness (QED) is 0.865. The monoisotopic (exact) mass is 274 g/mol. The maximum absolute atomic E-state index is 12.9. The summed E-state index contributed by atoms with van der Waals surface area (Å²) in [7, 11) is 0. The number of thiophene rings is 1. The average Bonchev–Trinajstić information content (AvgIpc) is 2.82. The molecule has 1 saturated heterocycles. The highest BCUT2D eigenvalue weighted by Gasteiger charge is 2.51. The van der Waals surface area contributed by atoms with Crippen molar-refractivity contribution in [1.82, 2.24) is 10.4 Å². The van der Waals surface area contributed by atoms with E-state index in [0.29, 0.717) is 5.01 Å². The number of amides is 1. The van der Waals surface area contributed by atoms with Gasteiger partial charge in [0.1, 0.15) is 0 Å². The van der Waals surface area contributed by atoms with Crippen LogP contribution in [0.1, 0.15) is 21.7 Å². The molecule has 0 aromatic carbocycles. The molecule has 2 rings (SSSR count). The highest BCUT2D eigenvalue weighted by atomic mass is 32.1. The zero-order valence-corrected chi connectivity index (χ0v) is 10.4. The van der Waals surface area contributed by atoms with E-state index in [1.165, 1.54) is 11.3 Å². The van der Waals surface area contributed by atoms with Gasteiger partial charge in [0, 0.05) is 22.4 Å². The predicted octanol–water partition coefficient (Wildman–Crippen LogP) is 1.87. The van der Waals surface area contributed by atoms with Gasteiger partial charge in [0.25, 0.3) is 12.3 Å². The van der Waals surface area contributed by atoms with E-state index in [9.17, 15) is 18.7 Å². The lowest BCUT2D eigenvalue weighted by Gasteiger charge is -2.30. The summed E-state index contributed by atoms with van der Waals surface area (Å²) in [5.74, 6) is -0.694. The Hall–Kier alpha value is -1.47. The number of carbonyl (C=O) groups is 1. The second-order valence-corrected chi connectivity index (χ2v) is 5.27. The second-order valence-electron chi connectivity index (χ2n) is 4.16. The van der Waals surface area contributed by atoms with E-state index in [4.69, 9.17) is 0 Å². The molecule has 2 N–H and O–H groups in total. The number of hydrazine groups is 1. The molecule has 4 nitrogen and oxygen atoms in total. The molecule has 7 heteroatoms. The summed E-state index contributed by atoms with van der Waals surface area (Å²) in [6, 6.07) is 1.58. The number of aliphatic hydroxyl groups is 1. The normalized spacial score (nSPS) is 23.6. The van der Waals surface area contributed by atoms with Crippen LogP contribution in [0.15, 0.2) is 23.7 Å². The first kappa shape index (κ1) is 13.0. The number of nitrogens with one attached hydrogen (secondary N) is 1. The Morgan fingerprint density at radius 2 is 2.39 bits per heavy atom. The van der Waals surface area contributed by atoms with Gasteiger partial charge < -0.3 is 5.11 Å². The minimum Gasteiger partial charge on any atom is -0.364 e. The molecule has 0 saturated carbocycles. The zero-order chi connectivity index (χ0) is 13.5. The van der Waals surface area contributed by atoms with Gasteiger partial charge in [-0.05, 0) is 13.0 Å². The molecule has 1 unspecified atom stereocenters. The lowest BCUT2D eigenvalue weighted by Crippen LogP contribution is -2.55. The Bertz CT molecular complexity index is 503. The fourth-order valence-electron chi connectivity index (χ4n) is 1.77. The maximum Gasteiger partial charge on any atom is 0.287 e. The topological polar surface area (TPSA) is 52.6 Å². The third-order valence-electron chi connectivity index (χ3n) is 2.66. The highest BCUT2D eigenvalue weighted by Crippen LogP contribution is 2.33. The van der Waals surface area contributed by atoms with Crippen LogP contribution in [0.2, 0.25) is 0 Å². The van der Waals surface area contributed by atoms with Crippen LogP contribution < -0.4 is 5.43 Å². The van der Waals surface area contributed by atoms with Crippen molar-refractivity contribution in [3.63, 3.8) is 0 Å². The number of alkyl halides is 2. The van der Waals surface area contributed by atoms with Crippen molar-refractivity contribution in [1.29, 1.82) is 0 Å². The minimum absolute atomic E-state index is 0.179. The van der Waals surface area contributed by atoms with Crippen molar-refractivity contribution in [2.45, 2.75) is 25.5 Å². The first-order valence-electron chi connectivity index (χ1n) is 5.19. The van der Waals surface area contributed by atoms with Crippen LogP contribution in [0.3, 0.4) is 0 Å². The van der Waals surface area contributed by atoms with Crippen molar-refractivity contribution in [3.05, 3.63) is 34.2 Å². The maximum atomic E-state index is 12.9. The fourth-order valence-corrected chi connectivity index (χ4v) is 2.45. The van der Waals surface area contributed by atoms with Crippen LogP contribution >= 0.6 is 11.3 Å².